The third-order valence-electron chi connectivity index (χ3n) is 2.69. The highest BCUT2D eigenvalue weighted by Crippen LogP contribution is 2.17. The SMILES string of the molecule is CCNC(=O)/C=C/c1cccc(OCc2csc(C)n2)c1. The summed E-state index contributed by atoms with van der Waals surface area (Å²) in [5.74, 6) is 0.667. The first-order chi connectivity index (χ1) is 10.2. The summed E-state index contributed by atoms with van der Waals surface area (Å²) in [4.78, 5) is 15.7. The molecule has 0 fully saturated rings. The van der Waals surface area contributed by atoms with E-state index in [9.17, 15) is 4.79 Å². The number of likely N-dealkylation sites (N-methyl/N-ethyl adjacent to an activating group) is 1. The Hall–Kier alpha value is -2.14. The molecule has 110 valence electrons. The van der Waals surface area contributed by atoms with Crippen molar-refractivity contribution in [3.8, 4) is 5.75 Å². The summed E-state index contributed by atoms with van der Waals surface area (Å²) in [6, 6.07) is 7.62. The van der Waals surface area contributed by atoms with Gasteiger partial charge in [0.1, 0.15) is 12.4 Å². The number of aromatic nitrogens is 1. The molecule has 21 heavy (non-hydrogen) atoms. The molecule has 2 aromatic rings. The highest BCUT2D eigenvalue weighted by atomic mass is 32.1. The summed E-state index contributed by atoms with van der Waals surface area (Å²) in [6.07, 6.45) is 3.29. The second-order valence-electron chi connectivity index (χ2n) is 4.45. The first-order valence-corrected chi connectivity index (χ1v) is 7.65. The molecular formula is C16H18N2O2S. The predicted octanol–water partition coefficient (Wildman–Crippen LogP) is 3.18. The normalized spacial score (nSPS) is 10.8. The number of hydrogen-bond donors (Lipinski definition) is 1. The second-order valence-corrected chi connectivity index (χ2v) is 5.51. The molecule has 1 aromatic heterocycles. The number of carbonyl (C=O) groups is 1. The number of benzene rings is 1. The van der Waals surface area contributed by atoms with Gasteiger partial charge in [0.05, 0.1) is 10.7 Å². The molecular weight excluding hydrogens is 284 g/mol. The number of nitrogens with one attached hydrogen (secondary N) is 1. The van der Waals surface area contributed by atoms with E-state index in [0.29, 0.717) is 13.2 Å². The van der Waals surface area contributed by atoms with Gasteiger partial charge in [0.25, 0.3) is 0 Å². The lowest BCUT2D eigenvalue weighted by atomic mass is 10.2. The van der Waals surface area contributed by atoms with Crippen LogP contribution in [-0.4, -0.2) is 17.4 Å². The summed E-state index contributed by atoms with van der Waals surface area (Å²) in [5, 5.41) is 5.74. The van der Waals surface area contributed by atoms with Gasteiger partial charge in [-0.2, -0.15) is 0 Å². The third kappa shape index (κ3) is 5.04. The smallest absolute Gasteiger partial charge is 0.243 e. The molecule has 4 nitrogen and oxygen atoms in total. The minimum absolute atomic E-state index is 0.0956. The number of rotatable bonds is 6. The van der Waals surface area contributed by atoms with Crippen molar-refractivity contribution in [3.63, 3.8) is 0 Å². The van der Waals surface area contributed by atoms with Crippen LogP contribution in [0.1, 0.15) is 23.2 Å². The lowest BCUT2D eigenvalue weighted by Gasteiger charge is -2.05. The molecule has 0 spiro atoms. The number of thiazole rings is 1. The topological polar surface area (TPSA) is 51.2 Å². The molecule has 0 saturated carbocycles. The van der Waals surface area contributed by atoms with Crippen LogP contribution in [0.4, 0.5) is 0 Å². The van der Waals surface area contributed by atoms with Crippen LogP contribution < -0.4 is 10.1 Å². The number of hydrogen-bond acceptors (Lipinski definition) is 4. The molecule has 0 radical (unpaired) electrons. The van der Waals surface area contributed by atoms with E-state index in [1.165, 1.54) is 6.08 Å². The molecule has 1 N–H and O–H groups in total. The molecule has 0 saturated heterocycles. The van der Waals surface area contributed by atoms with Gasteiger partial charge in [-0.3, -0.25) is 4.79 Å². The van der Waals surface area contributed by atoms with E-state index in [-0.39, 0.29) is 5.91 Å². The van der Waals surface area contributed by atoms with Gasteiger partial charge < -0.3 is 10.1 Å². The Balaban J connectivity index is 1.95. The van der Waals surface area contributed by atoms with Gasteiger partial charge in [-0.15, -0.1) is 11.3 Å². The lowest BCUT2D eigenvalue weighted by molar-refractivity contribution is -0.116. The Morgan fingerprint density at radius 3 is 3.05 bits per heavy atom. The third-order valence-corrected chi connectivity index (χ3v) is 3.51. The van der Waals surface area contributed by atoms with Crippen LogP contribution >= 0.6 is 11.3 Å². The second kappa shape index (κ2) is 7.59. The predicted molar refractivity (Wildman–Crippen MR) is 85.3 cm³/mol. The number of ether oxygens (including phenoxy) is 1. The Kier molecular flexibility index (Phi) is 5.51. The molecule has 0 aliphatic carbocycles. The Bertz CT molecular complexity index is 635. The van der Waals surface area contributed by atoms with Gasteiger partial charge in [-0.25, -0.2) is 4.98 Å². The number of amides is 1. The van der Waals surface area contributed by atoms with Crippen LogP contribution in [0.2, 0.25) is 0 Å². The first kappa shape index (κ1) is 15.3. The van der Waals surface area contributed by atoms with Crippen molar-refractivity contribution < 1.29 is 9.53 Å². The molecule has 5 heteroatoms. The number of carbonyl (C=O) groups excluding carboxylic acids is 1. The molecule has 0 atom stereocenters. The van der Waals surface area contributed by atoms with E-state index in [2.05, 4.69) is 10.3 Å². The van der Waals surface area contributed by atoms with Gasteiger partial charge in [-0.1, -0.05) is 12.1 Å². The van der Waals surface area contributed by atoms with Gasteiger partial charge in [0.2, 0.25) is 5.91 Å². The van der Waals surface area contributed by atoms with Crippen molar-refractivity contribution in [2.45, 2.75) is 20.5 Å². The molecule has 1 amide bonds. The van der Waals surface area contributed by atoms with Gasteiger partial charge in [0.15, 0.2) is 0 Å². The van der Waals surface area contributed by atoms with Crippen LogP contribution in [0, 0.1) is 6.92 Å². The zero-order valence-corrected chi connectivity index (χ0v) is 12.9. The number of nitrogens with zero attached hydrogens (tertiary/aromatic N) is 1. The first-order valence-electron chi connectivity index (χ1n) is 6.77. The fraction of sp³-hybridized carbons (Fsp3) is 0.250. The lowest BCUT2D eigenvalue weighted by Crippen LogP contribution is -2.19. The highest BCUT2D eigenvalue weighted by molar-refractivity contribution is 7.09. The van der Waals surface area contributed by atoms with Crippen molar-refractivity contribution >= 4 is 23.3 Å². The Morgan fingerprint density at radius 2 is 2.33 bits per heavy atom. The van der Waals surface area contributed by atoms with E-state index in [1.807, 2.05) is 43.5 Å². The molecule has 0 aliphatic rings. The molecule has 0 aliphatic heterocycles. The van der Waals surface area contributed by atoms with E-state index in [0.717, 1.165) is 22.0 Å². The van der Waals surface area contributed by atoms with E-state index >= 15 is 0 Å². The average molecular weight is 302 g/mol. The maximum atomic E-state index is 11.4. The van der Waals surface area contributed by atoms with Gasteiger partial charge in [0, 0.05) is 18.0 Å². The summed E-state index contributed by atoms with van der Waals surface area (Å²) in [7, 11) is 0. The standard InChI is InChI=1S/C16H18N2O2S/c1-3-17-16(19)8-7-13-5-4-6-15(9-13)20-10-14-11-21-12(2)18-14/h4-9,11H,3,10H2,1-2H3,(H,17,19)/b8-7+. The quantitative estimate of drug-likeness (QED) is 0.834. The van der Waals surface area contributed by atoms with Gasteiger partial charge in [-0.05, 0) is 37.6 Å². The largest absolute Gasteiger partial charge is 0.487 e. The summed E-state index contributed by atoms with van der Waals surface area (Å²) in [5.41, 5.74) is 1.86. The summed E-state index contributed by atoms with van der Waals surface area (Å²) in [6.45, 7) is 4.94. The fourth-order valence-corrected chi connectivity index (χ4v) is 2.34. The zero-order chi connectivity index (χ0) is 15.1. The summed E-state index contributed by atoms with van der Waals surface area (Å²) >= 11 is 1.61. The van der Waals surface area contributed by atoms with E-state index < -0.39 is 0 Å². The van der Waals surface area contributed by atoms with Gasteiger partial charge >= 0.3 is 0 Å². The van der Waals surface area contributed by atoms with E-state index in [1.54, 1.807) is 17.4 Å². The van der Waals surface area contributed by atoms with Crippen LogP contribution in [-0.2, 0) is 11.4 Å². The van der Waals surface area contributed by atoms with Crippen LogP contribution in [0.15, 0.2) is 35.7 Å². The molecule has 0 bridgehead atoms. The maximum Gasteiger partial charge on any atom is 0.243 e. The number of aryl methyl sites for hydroxylation is 1. The van der Waals surface area contributed by atoms with Crippen molar-refractivity contribution in [2.24, 2.45) is 0 Å². The summed E-state index contributed by atoms with van der Waals surface area (Å²) < 4.78 is 5.71. The monoisotopic (exact) mass is 302 g/mol. The fourth-order valence-electron chi connectivity index (χ4n) is 1.74. The molecule has 1 aromatic carbocycles. The maximum absolute atomic E-state index is 11.4. The van der Waals surface area contributed by atoms with Crippen molar-refractivity contribution in [1.29, 1.82) is 0 Å². The average Bonchev–Trinajstić information content (AvgIpc) is 2.89. The van der Waals surface area contributed by atoms with Crippen LogP contribution in [0.25, 0.3) is 6.08 Å². The molecule has 0 unspecified atom stereocenters. The minimum Gasteiger partial charge on any atom is -0.487 e. The van der Waals surface area contributed by atoms with Crippen molar-refractivity contribution in [2.75, 3.05) is 6.54 Å². The molecule has 2 rings (SSSR count). The highest BCUT2D eigenvalue weighted by Gasteiger charge is 2.00. The Morgan fingerprint density at radius 1 is 1.48 bits per heavy atom. The minimum atomic E-state index is -0.0956. The van der Waals surface area contributed by atoms with Crippen molar-refractivity contribution in [1.82, 2.24) is 10.3 Å². The molecule has 1 heterocycles. The van der Waals surface area contributed by atoms with Crippen LogP contribution in [0.5, 0.6) is 5.75 Å². The van der Waals surface area contributed by atoms with Crippen LogP contribution in [0.3, 0.4) is 0 Å². The Labute approximate surface area is 128 Å². The van der Waals surface area contributed by atoms with Crippen molar-refractivity contribution in [3.05, 3.63) is 52.0 Å². The zero-order valence-electron chi connectivity index (χ0n) is 12.1. The van der Waals surface area contributed by atoms with E-state index in [4.69, 9.17) is 4.74 Å².